The van der Waals surface area contributed by atoms with E-state index in [2.05, 4.69) is 10.2 Å². The van der Waals surface area contributed by atoms with E-state index in [0.717, 1.165) is 43.7 Å². The van der Waals surface area contributed by atoms with Crippen molar-refractivity contribution in [3.05, 3.63) is 29.3 Å². The van der Waals surface area contributed by atoms with Crippen LogP contribution in [0.1, 0.15) is 18.1 Å². The summed E-state index contributed by atoms with van der Waals surface area (Å²) >= 11 is 0. The van der Waals surface area contributed by atoms with Crippen molar-refractivity contribution in [2.45, 2.75) is 30.8 Å². The SMILES string of the molecule is CC1CN(C)CCN1S(=O)(=O)c1cccc2c1CCNC2. The largest absolute Gasteiger partial charge is 0.312 e. The van der Waals surface area contributed by atoms with Gasteiger partial charge in [-0.1, -0.05) is 12.1 Å². The molecule has 2 aliphatic heterocycles. The van der Waals surface area contributed by atoms with E-state index in [0.29, 0.717) is 11.4 Å². The molecule has 6 heteroatoms. The fourth-order valence-electron chi connectivity index (χ4n) is 3.35. The number of fused-ring (bicyclic) bond motifs is 1. The highest BCUT2D eigenvalue weighted by atomic mass is 32.2. The molecule has 2 heterocycles. The van der Waals surface area contributed by atoms with Crippen LogP contribution in [-0.4, -0.2) is 56.9 Å². The van der Waals surface area contributed by atoms with Crippen molar-refractivity contribution in [3.8, 4) is 0 Å². The molecule has 0 saturated carbocycles. The molecule has 1 unspecified atom stereocenters. The van der Waals surface area contributed by atoms with Crippen molar-refractivity contribution in [3.63, 3.8) is 0 Å². The Hall–Kier alpha value is -0.950. The minimum Gasteiger partial charge on any atom is -0.312 e. The Labute approximate surface area is 127 Å². The van der Waals surface area contributed by atoms with Gasteiger partial charge in [0, 0.05) is 32.2 Å². The molecule has 0 aromatic heterocycles. The van der Waals surface area contributed by atoms with Crippen LogP contribution < -0.4 is 5.32 Å². The maximum absolute atomic E-state index is 13.1. The van der Waals surface area contributed by atoms with E-state index in [9.17, 15) is 8.42 Å². The average Bonchev–Trinajstić information content (AvgIpc) is 2.46. The van der Waals surface area contributed by atoms with E-state index in [4.69, 9.17) is 0 Å². The van der Waals surface area contributed by atoms with Gasteiger partial charge in [0.15, 0.2) is 0 Å². The molecule has 21 heavy (non-hydrogen) atoms. The Bertz CT molecular complexity index is 630. The lowest BCUT2D eigenvalue weighted by Gasteiger charge is -2.37. The van der Waals surface area contributed by atoms with Crippen molar-refractivity contribution in [2.24, 2.45) is 0 Å². The highest BCUT2D eigenvalue weighted by Gasteiger charge is 2.34. The maximum Gasteiger partial charge on any atom is 0.243 e. The van der Waals surface area contributed by atoms with Crippen LogP contribution in [0.5, 0.6) is 0 Å². The van der Waals surface area contributed by atoms with Gasteiger partial charge in [0.2, 0.25) is 10.0 Å². The molecular weight excluding hydrogens is 286 g/mol. The van der Waals surface area contributed by atoms with Crippen LogP contribution in [-0.2, 0) is 23.0 Å². The molecule has 2 aliphatic rings. The molecule has 3 rings (SSSR count). The Balaban J connectivity index is 1.99. The number of likely N-dealkylation sites (N-methyl/N-ethyl adjacent to an activating group) is 1. The van der Waals surface area contributed by atoms with Crippen LogP contribution in [0.2, 0.25) is 0 Å². The number of nitrogens with one attached hydrogen (secondary N) is 1. The molecular formula is C15H23N3O2S. The van der Waals surface area contributed by atoms with Gasteiger partial charge < -0.3 is 10.2 Å². The third kappa shape index (κ3) is 2.73. The van der Waals surface area contributed by atoms with E-state index in [1.54, 1.807) is 10.4 Å². The first-order valence-electron chi connectivity index (χ1n) is 7.52. The summed E-state index contributed by atoms with van der Waals surface area (Å²) in [4.78, 5) is 2.69. The first-order valence-corrected chi connectivity index (χ1v) is 8.96. The van der Waals surface area contributed by atoms with E-state index in [1.807, 2.05) is 26.1 Å². The van der Waals surface area contributed by atoms with E-state index >= 15 is 0 Å². The first kappa shape index (κ1) is 15.0. The van der Waals surface area contributed by atoms with Gasteiger partial charge in [-0.25, -0.2) is 8.42 Å². The molecule has 0 radical (unpaired) electrons. The highest BCUT2D eigenvalue weighted by molar-refractivity contribution is 7.89. The second kappa shape index (κ2) is 5.68. The number of rotatable bonds is 2. The maximum atomic E-state index is 13.1. The molecule has 0 bridgehead atoms. The fourth-order valence-corrected chi connectivity index (χ4v) is 5.26. The zero-order valence-electron chi connectivity index (χ0n) is 12.7. The van der Waals surface area contributed by atoms with Gasteiger partial charge >= 0.3 is 0 Å². The summed E-state index contributed by atoms with van der Waals surface area (Å²) < 4.78 is 27.8. The quantitative estimate of drug-likeness (QED) is 0.872. The van der Waals surface area contributed by atoms with Crippen LogP contribution in [0.4, 0.5) is 0 Å². The molecule has 116 valence electrons. The van der Waals surface area contributed by atoms with E-state index in [1.165, 1.54) is 0 Å². The van der Waals surface area contributed by atoms with Crippen molar-refractivity contribution in [1.82, 2.24) is 14.5 Å². The number of hydrogen-bond donors (Lipinski definition) is 1. The van der Waals surface area contributed by atoms with Crippen LogP contribution >= 0.6 is 0 Å². The normalized spacial score (nSPS) is 24.8. The number of piperazine rings is 1. The van der Waals surface area contributed by atoms with E-state index in [-0.39, 0.29) is 6.04 Å². The van der Waals surface area contributed by atoms with Gasteiger partial charge in [0.1, 0.15) is 0 Å². The summed E-state index contributed by atoms with van der Waals surface area (Å²) in [6, 6.07) is 5.67. The van der Waals surface area contributed by atoms with Gasteiger partial charge in [0.05, 0.1) is 4.90 Å². The Kier molecular flexibility index (Phi) is 4.05. The molecule has 0 amide bonds. The van der Waals surface area contributed by atoms with E-state index < -0.39 is 10.0 Å². The summed E-state index contributed by atoms with van der Waals surface area (Å²) in [5.41, 5.74) is 2.12. The summed E-state index contributed by atoms with van der Waals surface area (Å²) in [5, 5.41) is 3.30. The third-order valence-electron chi connectivity index (χ3n) is 4.45. The van der Waals surface area contributed by atoms with Crippen molar-refractivity contribution in [1.29, 1.82) is 0 Å². The lowest BCUT2D eigenvalue weighted by Crippen LogP contribution is -2.52. The number of nitrogens with zero attached hydrogens (tertiary/aromatic N) is 2. The third-order valence-corrected chi connectivity index (χ3v) is 6.55. The van der Waals surface area contributed by atoms with Crippen LogP contribution in [0.25, 0.3) is 0 Å². The molecule has 1 aromatic carbocycles. The smallest absolute Gasteiger partial charge is 0.243 e. The summed E-state index contributed by atoms with van der Waals surface area (Å²) in [7, 11) is -1.36. The number of sulfonamides is 1. The Morgan fingerprint density at radius 2 is 2.10 bits per heavy atom. The lowest BCUT2D eigenvalue weighted by molar-refractivity contribution is 0.170. The average molecular weight is 309 g/mol. The second-order valence-electron chi connectivity index (χ2n) is 6.05. The molecule has 0 aliphatic carbocycles. The van der Waals surface area contributed by atoms with Gasteiger partial charge in [-0.05, 0) is 44.1 Å². The molecule has 1 aromatic rings. The van der Waals surface area contributed by atoms with Gasteiger partial charge in [-0.3, -0.25) is 0 Å². The fraction of sp³-hybridized carbons (Fsp3) is 0.600. The molecule has 1 N–H and O–H groups in total. The highest BCUT2D eigenvalue weighted by Crippen LogP contribution is 2.27. The molecule has 5 nitrogen and oxygen atoms in total. The summed E-state index contributed by atoms with van der Waals surface area (Å²) in [6.45, 7) is 5.75. The van der Waals surface area contributed by atoms with Gasteiger partial charge in [-0.2, -0.15) is 4.31 Å². The minimum atomic E-state index is -3.40. The predicted molar refractivity (Wildman–Crippen MR) is 82.7 cm³/mol. The Morgan fingerprint density at radius 3 is 2.86 bits per heavy atom. The number of hydrogen-bond acceptors (Lipinski definition) is 4. The van der Waals surface area contributed by atoms with Gasteiger partial charge in [0.25, 0.3) is 0 Å². The first-order chi connectivity index (χ1) is 10.00. The minimum absolute atomic E-state index is 0.0197. The zero-order valence-corrected chi connectivity index (χ0v) is 13.5. The van der Waals surface area contributed by atoms with Crippen LogP contribution in [0.3, 0.4) is 0 Å². The molecule has 0 spiro atoms. The second-order valence-corrected chi connectivity index (χ2v) is 7.91. The predicted octanol–water partition coefficient (Wildman–Crippen LogP) is 0.657. The van der Waals surface area contributed by atoms with Crippen molar-refractivity contribution in [2.75, 3.05) is 33.2 Å². The molecule has 1 fully saturated rings. The summed E-state index contributed by atoms with van der Waals surface area (Å²) in [5.74, 6) is 0. The lowest BCUT2D eigenvalue weighted by atomic mass is 10.0. The molecule has 1 saturated heterocycles. The van der Waals surface area contributed by atoms with Gasteiger partial charge in [-0.15, -0.1) is 0 Å². The topological polar surface area (TPSA) is 52.7 Å². The van der Waals surface area contributed by atoms with Crippen molar-refractivity contribution >= 4 is 10.0 Å². The Morgan fingerprint density at radius 1 is 1.29 bits per heavy atom. The zero-order chi connectivity index (χ0) is 15.0. The molecule has 1 atom stereocenters. The standard InChI is InChI=1S/C15H23N3O2S/c1-12-11-17(2)8-9-18(12)21(19,20)15-5-3-4-13-10-16-7-6-14(13)15/h3-5,12,16H,6-11H2,1-2H3. The van der Waals surface area contributed by atoms with Crippen LogP contribution in [0.15, 0.2) is 23.1 Å². The van der Waals surface area contributed by atoms with Crippen molar-refractivity contribution < 1.29 is 8.42 Å². The number of benzene rings is 1. The summed E-state index contributed by atoms with van der Waals surface area (Å²) in [6.07, 6.45) is 0.785. The van der Waals surface area contributed by atoms with Crippen LogP contribution in [0, 0.1) is 0 Å². The monoisotopic (exact) mass is 309 g/mol.